The fraction of sp³-hybridized carbons (Fsp3) is 0.294. The summed E-state index contributed by atoms with van der Waals surface area (Å²) in [5.74, 6) is -0.852. The number of Topliss-reactive ketones (excluding diaryl/α,β-unsaturated/α-hetero) is 1. The van der Waals surface area contributed by atoms with E-state index in [1.165, 1.54) is 12.1 Å². The fourth-order valence-electron chi connectivity index (χ4n) is 2.93. The number of nitrogens with zero attached hydrogens (tertiary/aromatic N) is 1. The molecule has 0 spiro atoms. The molecule has 1 heterocycles. The standard InChI is InChI=1S/C17H15Cl2FN2O2/c18-9-6-13(19)12(14(20)7-9)8-22-17(24)11-3-4-15(23)16-10(11)2-1-5-21-16/h1-2,5-7,11,17,22,24H,3-4,8H2. The van der Waals surface area contributed by atoms with Crippen molar-refractivity contribution in [2.45, 2.75) is 31.5 Å². The summed E-state index contributed by atoms with van der Waals surface area (Å²) in [6.07, 6.45) is 1.43. The van der Waals surface area contributed by atoms with E-state index < -0.39 is 12.0 Å². The Hall–Kier alpha value is -1.53. The Morgan fingerprint density at radius 2 is 2.21 bits per heavy atom. The van der Waals surface area contributed by atoms with Gasteiger partial charge in [-0.15, -0.1) is 0 Å². The molecule has 3 rings (SSSR count). The van der Waals surface area contributed by atoms with Crippen molar-refractivity contribution >= 4 is 29.0 Å². The van der Waals surface area contributed by atoms with Gasteiger partial charge in [0.25, 0.3) is 0 Å². The number of rotatable bonds is 4. The molecule has 24 heavy (non-hydrogen) atoms. The van der Waals surface area contributed by atoms with Crippen molar-refractivity contribution in [3.05, 3.63) is 63.1 Å². The smallest absolute Gasteiger partial charge is 0.181 e. The van der Waals surface area contributed by atoms with E-state index in [0.717, 1.165) is 0 Å². The van der Waals surface area contributed by atoms with Gasteiger partial charge in [0, 0.05) is 40.7 Å². The van der Waals surface area contributed by atoms with Crippen LogP contribution in [0.5, 0.6) is 0 Å². The first-order valence-corrected chi connectivity index (χ1v) is 8.26. The van der Waals surface area contributed by atoms with E-state index >= 15 is 0 Å². The normalized spacial score (nSPS) is 18.3. The minimum Gasteiger partial charge on any atom is -0.378 e. The van der Waals surface area contributed by atoms with Crippen molar-refractivity contribution in [3.8, 4) is 0 Å². The van der Waals surface area contributed by atoms with Crippen LogP contribution >= 0.6 is 23.2 Å². The molecule has 0 amide bonds. The molecule has 1 aromatic carbocycles. The van der Waals surface area contributed by atoms with Gasteiger partial charge in [-0.2, -0.15) is 0 Å². The van der Waals surface area contributed by atoms with Gasteiger partial charge in [-0.25, -0.2) is 4.39 Å². The second-order valence-corrected chi connectivity index (χ2v) is 6.53. The zero-order chi connectivity index (χ0) is 17.3. The summed E-state index contributed by atoms with van der Waals surface area (Å²) in [6, 6.07) is 6.14. The van der Waals surface area contributed by atoms with E-state index in [1.54, 1.807) is 18.3 Å². The highest BCUT2D eigenvalue weighted by atomic mass is 35.5. The van der Waals surface area contributed by atoms with Crippen molar-refractivity contribution < 1.29 is 14.3 Å². The molecule has 1 aromatic heterocycles. The quantitative estimate of drug-likeness (QED) is 0.807. The van der Waals surface area contributed by atoms with E-state index in [4.69, 9.17) is 23.2 Å². The highest BCUT2D eigenvalue weighted by Crippen LogP contribution is 2.32. The predicted octanol–water partition coefficient (Wildman–Crippen LogP) is 3.70. The first kappa shape index (κ1) is 17.3. The van der Waals surface area contributed by atoms with Gasteiger partial charge in [-0.1, -0.05) is 29.3 Å². The van der Waals surface area contributed by atoms with Crippen LogP contribution < -0.4 is 5.32 Å². The van der Waals surface area contributed by atoms with Crippen LogP contribution in [0.1, 0.15) is 40.4 Å². The maximum atomic E-state index is 13.9. The summed E-state index contributed by atoms with van der Waals surface area (Å²) in [6.45, 7) is 0.0447. The number of aliphatic hydroxyl groups excluding tert-OH is 1. The number of carbonyl (C=O) groups is 1. The average Bonchev–Trinajstić information content (AvgIpc) is 2.54. The van der Waals surface area contributed by atoms with Crippen LogP contribution in [0.2, 0.25) is 10.0 Å². The highest BCUT2D eigenvalue weighted by Gasteiger charge is 2.31. The highest BCUT2D eigenvalue weighted by molar-refractivity contribution is 6.35. The Bertz CT molecular complexity index is 762. The minimum atomic E-state index is -0.952. The van der Waals surface area contributed by atoms with E-state index in [0.29, 0.717) is 24.1 Å². The molecule has 4 nitrogen and oxygen atoms in total. The van der Waals surface area contributed by atoms with Crippen LogP contribution in [0.15, 0.2) is 30.5 Å². The van der Waals surface area contributed by atoms with Crippen LogP contribution in [0.25, 0.3) is 0 Å². The Morgan fingerprint density at radius 3 is 2.96 bits per heavy atom. The molecular formula is C17H15Cl2FN2O2. The number of hydrogen-bond donors (Lipinski definition) is 2. The van der Waals surface area contributed by atoms with E-state index in [9.17, 15) is 14.3 Å². The van der Waals surface area contributed by atoms with Crippen molar-refractivity contribution in [2.24, 2.45) is 0 Å². The number of fused-ring (bicyclic) bond motifs is 1. The molecule has 0 radical (unpaired) electrons. The van der Waals surface area contributed by atoms with Crippen LogP contribution in [-0.4, -0.2) is 22.1 Å². The number of aliphatic hydroxyl groups is 1. The summed E-state index contributed by atoms with van der Waals surface area (Å²) in [5.41, 5.74) is 1.33. The first-order chi connectivity index (χ1) is 11.5. The number of benzene rings is 1. The van der Waals surface area contributed by atoms with Gasteiger partial charge in [0.05, 0.1) is 0 Å². The zero-order valence-corrected chi connectivity index (χ0v) is 14.1. The summed E-state index contributed by atoms with van der Waals surface area (Å²) >= 11 is 11.7. The second-order valence-electron chi connectivity index (χ2n) is 5.68. The molecule has 0 fully saturated rings. The maximum Gasteiger partial charge on any atom is 0.181 e. The van der Waals surface area contributed by atoms with E-state index in [-0.39, 0.29) is 33.9 Å². The van der Waals surface area contributed by atoms with Crippen LogP contribution in [0.4, 0.5) is 4.39 Å². The first-order valence-electron chi connectivity index (χ1n) is 7.50. The van der Waals surface area contributed by atoms with Gasteiger partial charge in [0.15, 0.2) is 5.78 Å². The minimum absolute atomic E-state index is 0.0270. The second kappa shape index (κ2) is 7.15. The van der Waals surface area contributed by atoms with Crippen molar-refractivity contribution in [3.63, 3.8) is 0 Å². The molecule has 2 unspecified atom stereocenters. The maximum absolute atomic E-state index is 13.9. The summed E-state index contributed by atoms with van der Waals surface area (Å²) in [7, 11) is 0. The molecule has 0 aliphatic heterocycles. The molecule has 2 aromatic rings. The summed E-state index contributed by atoms with van der Waals surface area (Å²) < 4.78 is 13.9. The molecule has 0 saturated carbocycles. The number of hydrogen-bond acceptors (Lipinski definition) is 4. The monoisotopic (exact) mass is 368 g/mol. The topological polar surface area (TPSA) is 62.2 Å². The van der Waals surface area contributed by atoms with E-state index in [2.05, 4.69) is 10.3 Å². The largest absolute Gasteiger partial charge is 0.378 e. The summed E-state index contributed by atoms with van der Waals surface area (Å²) in [5, 5.41) is 13.7. The Labute approximate surface area is 148 Å². The predicted molar refractivity (Wildman–Crippen MR) is 89.8 cm³/mol. The van der Waals surface area contributed by atoms with Gasteiger partial charge >= 0.3 is 0 Å². The molecule has 1 aliphatic carbocycles. The SMILES string of the molecule is O=C1CCC(C(O)NCc2c(F)cc(Cl)cc2Cl)c2cccnc21. The average molecular weight is 369 g/mol. The molecule has 2 N–H and O–H groups in total. The molecular weight excluding hydrogens is 354 g/mol. The van der Waals surface area contributed by atoms with E-state index in [1.807, 2.05) is 0 Å². The number of halogens is 3. The number of carbonyl (C=O) groups excluding carboxylic acids is 1. The molecule has 0 saturated heterocycles. The molecule has 126 valence electrons. The van der Waals surface area contributed by atoms with Gasteiger partial charge in [0.2, 0.25) is 0 Å². The van der Waals surface area contributed by atoms with Crippen molar-refractivity contribution in [1.29, 1.82) is 0 Å². The Balaban J connectivity index is 1.76. The van der Waals surface area contributed by atoms with Gasteiger partial charge in [0.1, 0.15) is 17.7 Å². The third-order valence-electron chi connectivity index (χ3n) is 4.16. The van der Waals surface area contributed by atoms with Crippen LogP contribution in [0, 0.1) is 5.82 Å². The Kier molecular flexibility index (Phi) is 5.15. The lowest BCUT2D eigenvalue weighted by Gasteiger charge is -2.28. The Morgan fingerprint density at radius 1 is 1.42 bits per heavy atom. The third kappa shape index (κ3) is 3.44. The van der Waals surface area contributed by atoms with Crippen LogP contribution in [0.3, 0.4) is 0 Å². The lowest BCUT2D eigenvalue weighted by molar-refractivity contribution is 0.0839. The number of aromatic nitrogens is 1. The third-order valence-corrected chi connectivity index (χ3v) is 4.72. The van der Waals surface area contributed by atoms with Gasteiger partial charge in [-0.05, 0) is 30.2 Å². The lowest BCUT2D eigenvalue weighted by atomic mass is 9.83. The number of nitrogens with one attached hydrogen (secondary N) is 1. The van der Waals surface area contributed by atoms with Crippen LogP contribution in [-0.2, 0) is 6.54 Å². The number of pyridine rings is 1. The van der Waals surface area contributed by atoms with Crippen molar-refractivity contribution in [2.75, 3.05) is 0 Å². The van der Waals surface area contributed by atoms with Crippen molar-refractivity contribution in [1.82, 2.24) is 10.3 Å². The fourth-order valence-corrected chi connectivity index (χ4v) is 3.46. The molecule has 7 heteroatoms. The van der Waals surface area contributed by atoms with Gasteiger partial charge in [-0.3, -0.25) is 15.1 Å². The van der Waals surface area contributed by atoms with Gasteiger partial charge < -0.3 is 5.11 Å². The molecule has 2 atom stereocenters. The lowest BCUT2D eigenvalue weighted by Crippen LogP contribution is -2.37. The summed E-state index contributed by atoms with van der Waals surface area (Å²) in [4.78, 5) is 16.0. The molecule has 1 aliphatic rings. The number of ketones is 1. The zero-order valence-electron chi connectivity index (χ0n) is 12.6. The molecule has 0 bridgehead atoms.